The van der Waals surface area contributed by atoms with Gasteiger partial charge in [0.05, 0.1) is 18.7 Å². The van der Waals surface area contributed by atoms with E-state index in [0.717, 1.165) is 6.54 Å². The highest BCUT2D eigenvalue weighted by Crippen LogP contribution is 2.07. The van der Waals surface area contributed by atoms with Gasteiger partial charge in [0, 0.05) is 11.5 Å². The maximum Gasteiger partial charge on any atom is 0.0981 e. The van der Waals surface area contributed by atoms with Crippen molar-refractivity contribution in [3.05, 3.63) is 11.8 Å². The second-order valence-electron chi connectivity index (χ2n) is 2.28. The third kappa shape index (κ3) is 1.10. The Kier molecular flexibility index (Phi) is 1.53. The summed E-state index contributed by atoms with van der Waals surface area (Å²) in [6, 6.07) is 0. The molecule has 1 aliphatic rings. The first-order valence-corrected chi connectivity index (χ1v) is 2.96. The van der Waals surface area contributed by atoms with Crippen LogP contribution in [0, 0.1) is 5.92 Å². The van der Waals surface area contributed by atoms with Crippen molar-refractivity contribution in [2.75, 3.05) is 6.54 Å². The minimum Gasteiger partial charge on any atom is -0.545 e. The zero-order valence-electron chi connectivity index (χ0n) is 5.26. The zero-order chi connectivity index (χ0) is 6.85. The number of carbonyl (C=O) groups excluding carboxylic acids is 1. The topological polar surface area (TPSA) is 56.7 Å². The Morgan fingerprint density at radius 1 is 2.00 bits per heavy atom. The first kappa shape index (κ1) is 6.29. The largest absolute Gasteiger partial charge is 0.545 e. The highest BCUT2D eigenvalue weighted by Gasteiger charge is 2.17. The predicted octanol–water partition coefficient (Wildman–Crippen LogP) is -2.17. The summed E-state index contributed by atoms with van der Waals surface area (Å²) in [4.78, 5) is 10.2. The maximum absolute atomic E-state index is 10.2. The molecule has 1 aliphatic heterocycles. The molecule has 1 rings (SSSR count). The molecule has 0 radical (unpaired) electrons. The van der Waals surface area contributed by atoms with Gasteiger partial charge in [0.2, 0.25) is 0 Å². The third-order valence-electron chi connectivity index (χ3n) is 1.55. The smallest absolute Gasteiger partial charge is 0.0981 e. The van der Waals surface area contributed by atoms with Crippen LogP contribution in [-0.4, -0.2) is 12.5 Å². The monoisotopic (exact) mass is 127 g/mol. The molecule has 0 aromatic heterocycles. The van der Waals surface area contributed by atoms with Crippen molar-refractivity contribution >= 4 is 5.97 Å². The van der Waals surface area contributed by atoms with Crippen LogP contribution < -0.4 is 10.4 Å². The summed E-state index contributed by atoms with van der Waals surface area (Å²) in [5.74, 6) is -0.883. The Morgan fingerprint density at radius 3 is 2.89 bits per heavy atom. The van der Waals surface area contributed by atoms with E-state index < -0.39 is 5.97 Å². The minimum atomic E-state index is -1.03. The van der Waals surface area contributed by atoms with Crippen molar-refractivity contribution in [1.82, 2.24) is 0 Å². The Morgan fingerprint density at radius 2 is 2.67 bits per heavy atom. The highest BCUT2D eigenvalue weighted by molar-refractivity contribution is 5.85. The van der Waals surface area contributed by atoms with Gasteiger partial charge in [0.25, 0.3) is 0 Å². The maximum atomic E-state index is 10.2. The Balaban J connectivity index is 2.68. The third-order valence-corrected chi connectivity index (χ3v) is 1.55. The molecule has 0 aromatic carbocycles. The normalized spacial score (nSPS) is 25.9. The second-order valence-corrected chi connectivity index (χ2v) is 2.28. The van der Waals surface area contributed by atoms with E-state index >= 15 is 0 Å². The first-order valence-electron chi connectivity index (χ1n) is 2.96. The van der Waals surface area contributed by atoms with Crippen LogP contribution in [0.15, 0.2) is 11.8 Å². The lowest BCUT2D eigenvalue weighted by molar-refractivity contribution is -0.582. The minimum absolute atomic E-state index is 0.148. The fourth-order valence-electron chi connectivity index (χ4n) is 0.960. The van der Waals surface area contributed by atoms with Gasteiger partial charge in [-0.05, 0) is 0 Å². The van der Waals surface area contributed by atoms with E-state index in [-0.39, 0.29) is 5.92 Å². The van der Waals surface area contributed by atoms with Crippen molar-refractivity contribution in [2.45, 2.75) is 6.92 Å². The van der Waals surface area contributed by atoms with Crippen LogP contribution in [0.2, 0.25) is 0 Å². The molecule has 1 unspecified atom stereocenters. The predicted molar refractivity (Wildman–Crippen MR) is 29.0 cm³/mol. The summed E-state index contributed by atoms with van der Waals surface area (Å²) < 4.78 is 0. The van der Waals surface area contributed by atoms with E-state index in [1.807, 2.05) is 12.2 Å². The van der Waals surface area contributed by atoms with Crippen LogP contribution in [0.5, 0.6) is 0 Å². The van der Waals surface area contributed by atoms with E-state index in [1.54, 1.807) is 6.20 Å². The highest BCUT2D eigenvalue weighted by atomic mass is 16.4. The molecule has 3 nitrogen and oxygen atoms in total. The summed E-state index contributed by atoms with van der Waals surface area (Å²) in [5.41, 5.74) is 0.426. The number of hydrogen-bond acceptors (Lipinski definition) is 2. The molecule has 50 valence electrons. The average Bonchev–Trinajstić information content (AvgIpc) is 2.13. The molecule has 1 heterocycles. The van der Waals surface area contributed by atoms with Crippen LogP contribution in [0.3, 0.4) is 0 Å². The van der Waals surface area contributed by atoms with Gasteiger partial charge in [-0.25, -0.2) is 0 Å². The van der Waals surface area contributed by atoms with E-state index in [9.17, 15) is 9.90 Å². The quantitative estimate of drug-likeness (QED) is 0.436. The van der Waals surface area contributed by atoms with Crippen molar-refractivity contribution in [1.29, 1.82) is 0 Å². The summed E-state index contributed by atoms with van der Waals surface area (Å²) in [6.07, 6.45) is 1.62. The van der Waals surface area contributed by atoms with E-state index in [4.69, 9.17) is 0 Å². The first-order chi connectivity index (χ1) is 4.22. The summed E-state index contributed by atoms with van der Waals surface area (Å²) in [6.45, 7) is 2.72. The van der Waals surface area contributed by atoms with Crippen LogP contribution in [0.1, 0.15) is 6.92 Å². The SMILES string of the molecule is CC1C[NH2+]C=C1C(=O)[O-]. The summed E-state index contributed by atoms with van der Waals surface area (Å²) in [7, 11) is 0. The Hall–Kier alpha value is -0.830. The molecular formula is C6H9NO2. The molecule has 9 heavy (non-hydrogen) atoms. The van der Waals surface area contributed by atoms with Gasteiger partial charge in [0.15, 0.2) is 0 Å². The molecule has 2 N–H and O–H groups in total. The standard InChI is InChI=1S/C6H9NO2/c1-4-2-7-3-5(4)6(8)9/h3-4,7H,2H2,1H3,(H,8,9). The molecule has 3 heteroatoms. The van der Waals surface area contributed by atoms with Gasteiger partial charge in [-0.2, -0.15) is 0 Å². The molecule has 1 atom stereocenters. The van der Waals surface area contributed by atoms with Crippen molar-refractivity contribution < 1.29 is 15.2 Å². The number of aliphatic carboxylic acids is 1. The molecule has 0 saturated heterocycles. The van der Waals surface area contributed by atoms with Crippen molar-refractivity contribution in [2.24, 2.45) is 5.92 Å². The number of carbonyl (C=O) groups is 1. The number of hydrogen-bond donors (Lipinski definition) is 1. The van der Waals surface area contributed by atoms with E-state index in [2.05, 4.69) is 0 Å². The van der Waals surface area contributed by atoms with Crippen molar-refractivity contribution in [3.8, 4) is 0 Å². The fourth-order valence-corrected chi connectivity index (χ4v) is 0.960. The van der Waals surface area contributed by atoms with E-state index in [0.29, 0.717) is 5.57 Å². The Labute approximate surface area is 53.4 Å². The number of rotatable bonds is 1. The fraction of sp³-hybridized carbons (Fsp3) is 0.500. The molecule has 0 amide bonds. The van der Waals surface area contributed by atoms with Gasteiger partial charge in [-0.1, -0.05) is 6.92 Å². The number of carboxylic acid groups (broad SMARTS) is 1. The van der Waals surface area contributed by atoms with Crippen molar-refractivity contribution in [3.63, 3.8) is 0 Å². The van der Waals surface area contributed by atoms with Gasteiger partial charge < -0.3 is 15.2 Å². The lowest BCUT2D eigenvalue weighted by Crippen LogP contribution is -2.76. The number of nitrogens with two attached hydrogens (primary N) is 1. The zero-order valence-corrected chi connectivity index (χ0v) is 5.26. The average molecular weight is 127 g/mol. The van der Waals surface area contributed by atoms with Gasteiger partial charge in [0.1, 0.15) is 0 Å². The lowest BCUT2D eigenvalue weighted by atomic mass is 10.1. The lowest BCUT2D eigenvalue weighted by Gasteiger charge is -2.03. The van der Waals surface area contributed by atoms with Crippen LogP contribution in [0.25, 0.3) is 0 Å². The van der Waals surface area contributed by atoms with Gasteiger partial charge >= 0.3 is 0 Å². The van der Waals surface area contributed by atoms with Crippen LogP contribution in [-0.2, 0) is 4.79 Å². The molecule has 0 aromatic rings. The summed E-state index contributed by atoms with van der Waals surface area (Å²) >= 11 is 0. The summed E-state index contributed by atoms with van der Waals surface area (Å²) in [5, 5.41) is 12.1. The number of carboxylic acids is 1. The second kappa shape index (κ2) is 2.19. The molecule has 0 aliphatic carbocycles. The molecule has 0 fully saturated rings. The van der Waals surface area contributed by atoms with Crippen LogP contribution >= 0.6 is 0 Å². The molecule has 0 bridgehead atoms. The number of quaternary nitrogens is 1. The molecule has 0 spiro atoms. The molecular weight excluding hydrogens is 118 g/mol. The van der Waals surface area contributed by atoms with E-state index in [1.165, 1.54) is 0 Å². The Bertz CT molecular complexity index is 162. The van der Waals surface area contributed by atoms with Gasteiger partial charge in [-0.3, -0.25) is 0 Å². The molecule has 0 saturated carbocycles. The van der Waals surface area contributed by atoms with Gasteiger partial charge in [-0.15, -0.1) is 0 Å². The van der Waals surface area contributed by atoms with Crippen LogP contribution in [0.4, 0.5) is 0 Å².